The van der Waals surface area contributed by atoms with Crippen LogP contribution in [0.1, 0.15) is 23.0 Å². The normalized spacial score (nSPS) is 14.1. The number of Topliss-reactive ketones (excluding diaryl/α,β-unsaturated/α-hetero) is 1. The van der Waals surface area contributed by atoms with Gasteiger partial charge in [0.25, 0.3) is 0 Å². The molecule has 0 atom stereocenters. The minimum absolute atomic E-state index is 0.0573. The van der Waals surface area contributed by atoms with Gasteiger partial charge in [0, 0.05) is 54.7 Å². The first-order valence-electron chi connectivity index (χ1n) is 10.2. The lowest BCUT2D eigenvalue weighted by Gasteiger charge is -2.38. The molecule has 1 aliphatic heterocycles. The minimum atomic E-state index is 0.0573. The Kier molecular flexibility index (Phi) is 4.54. The van der Waals surface area contributed by atoms with Gasteiger partial charge in [-0.15, -0.1) is 0 Å². The van der Waals surface area contributed by atoms with Crippen molar-refractivity contribution in [2.75, 3.05) is 18.0 Å². The van der Waals surface area contributed by atoms with Crippen LogP contribution in [-0.4, -0.2) is 38.4 Å². The molecule has 4 aromatic rings. The Morgan fingerprint density at radius 3 is 2.70 bits per heavy atom. The van der Waals surface area contributed by atoms with Crippen LogP contribution in [0.4, 0.5) is 5.82 Å². The average molecular weight is 397 g/mol. The zero-order valence-corrected chi connectivity index (χ0v) is 17.1. The van der Waals surface area contributed by atoms with Gasteiger partial charge in [-0.05, 0) is 35.6 Å². The van der Waals surface area contributed by atoms with Crippen molar-refractivity contribution in [3.63, 3.8) is 0 Å². The molecule has 0 spiro atoms. The molecule has 1 aliphatic rings. The largest absolute Gasteiger partial charge is 0.356 e. The molecule has 6 nitrogen and oxygen atoms in total. The summed E-state index contributed by atoms with van der Waals surface area (Å²) in [6.07, 6.45) is 7.47. The Balaban J connectivity index is 1.39. The predicted molar refractivity (Wildman–Crippen MR) is 118 cm³/mol. The summed E-state index contributed by atoms with van der Waals surface area (Å²) in [6.45, 7) is 4.21. The Bertz CT molecular complexity index is 1240. The first-order valence-corrected chi connectivity index (χ1v) is 10.2. The topological polar surface area (TPSA) is 63.9 Å². The lowest BCUT2D eigenvalue weighted by atomic mass is 10.0. The Labute approximate surface area is 175 Å². The van der Waals surface area contributed by atoms with Crippen molar-refractivity contribution in [2.45, 2.75) is 13.3 Å². The van der Waals surface area contributed by atoms with Crippen LogP contribution < -0.4 is 4.90 Å². The smallest absolute Gasteiger partial charge is 0.169 e. The van der Waals surface area contributed by atoms with Crippen LogP contribution >= 0.6 is 0 Å². The van der Waals surface area contributed by atoms with Crippen LogP contribution in [0, 0.1) is 5.92 Å². The zero-order chi connectivity index (χ0) is 20.7. The number of aromatic nitrogens is 4. The van der Waals surface area contributed by atoms with E-state index in [0.717, 1.165) is 46.6 Å². The SMILES string of the molecule is CC1CN(c2cc(C(=O)Cc3cc4cc(-c5cncn5C)ccc4cn3)ccn2)C1. The Morgan fingerprint density at radius 1 is 1.07 bits per heavy atom. The van der Waals surface area contributed by atoms with E-state index in [4.69, 9.17) is 0 Å². The van der Waals surface area contributed by atoms with Crippen LogP contribution in [0.2, 0.25) is 0 Å². The van der Waals surface area contributed by atoms with Gasteiger partial charge in [-0.1, -0.05) is 19.1 Å². The maximum absolute atomic E-state index is 12.9. The van der Waals surface area contributed by atoms with Crippen molar-refractivity contribution in [3.8, 4) is 11.3 Å². The monoisotopic (exact) mass is 397 g/mol. The van der Waals surface area contributed by atoms with E-state index >= 15 is 0 Å². The van der Waals surface area contributed by atoms with Crippen molar-refractivity contribution >= 4 is 22.4 Å². The van der Waals surface area contributed by atoms with E-state index in [0.29, 0.717) is 11.5 Å². The summed E-state index contributed by atoms with van der Waals surface area (Å²) in [6, 6.07) is 11.9. The summed E-state index contributed by atoms with van der Waals surface area (Å²) >= 11 is 0. The third kappa shape index (κ3) is 3.45. The third-order valence-electron chi connectivity index (χ3n) is 5.69. The molecule has 6 heteroatoms. The molecule has 30 heavy (non-hydrogen) atoms. The van der Waals surface area contributed by atoms with Gasteiger partial charge >= 0.3 is 0 Å². The molecular formula is C24H23N5O. The maximum Gasteiger partial charge on any atom is 0.169 e. The number of hydrogen-bond donors (Lipinski definition) is 0. The van der Waals surface area contributed by atoms with Crippen LogP contribution in [0.3, 0.4) is 0 Å². The van der Waals surface area contributed by atoms with E-state index in [9.17, 15) is 4.79 Å². The summed E-state index contributed by atoms with van der Waals surface area (Å²) in [5.74, 6) is 1.62. The Hall–Kier alpha value is -3.54. The number of nitrogens with zero attached hydrogens (tertiary/aromatic N) is 5. The highest BCUT2D eigenvalue weighted by atomic mass is 16.1. The lowest BCUT2D eigenvalue weighted by molar-refractivity contribution is 0.0992. The summed E-state index contributed by atoms with van der Waals surface area (Å²) in [7, 11) is 1.98. The van der Waals surface area contributed by atoms with Gasteiger partial charge in [0.15, 0.2) is 5.78 Å². The quantitative estimate of drug-likeness (QED) is 0.478. The summed E-state index contributed by atoms with van der Waals surface area (Å²) in [5, 5.41) is 2.12. The molecule has 0 amide bonds. The number of pyridine rings is 2. The number of benzene rings is 1. The van der Waals surface area contributed by atoms with Gasteiger partial charge in [0.05, 0.1) is 24.6 Å². The second-order valence-corrected chi connectivity index (χ2v) is 8.14. The third-order valence-corrected chi connectivity index (χ3v) is 5.69. The van der Waals surface area contributed by atoms with Crippen LogP contribution in [0.25, 0.3) is 22.0 Å². The number of ketones is 1. The number of rotatable bonds is 5. The fraction of sp³-hybridized carbons (Fsp3) is 0.250. The first-order chi connectivity index (χ1) is 14.6. The van der Waals surface area contributed by atoms with Crippen molar-refractivity contribution in [2.24, 2.45) is 13.0 Å². The maximum atomic E-state index is 12.9. The molecule has 150 valence electrons. The van der Waals surface area contributed by atoms with Crippen molar-refractivity contribution < 1.29 is 4.79 Å². The zero-order valence-electron chi connectivity index (χ0n) is 17.1. The van der Waals surface area contributed by atoms with E-state index in [1.807, 2.05) is 36.1 Å². The van der Waals surface area contributed by atoms with Crippen molar-refractivity contribution in [1.29, 1.82) is 0 Å². The predicted octanol–water partition coefficient (Wildman–Crippen LogP) is 3.91. The number of hydrogen-bond acceptors (Lipinski definition) is 5. The molecule has 1 fully saturated rings. The fourth-order valence-electron chi connectivity index (χ4n) is 4.00. The average Bonchev–Trinajstić information content (AvgIpc) is 3.17. The number of carbonyl (C=O) groups is 1. The van der Waals surface area contributed by atoms with Gasteiger partial charge in [-0.2, -0.15) is 0 Å². The molecule has 1 aromatic carbocycles. The van der Waals surface area contributed by atoms with E-state index < -0.39 is 0 Å². The number of carbonyl (C=O) groups excluding carboxylic acids is 1. The van der Waals surface area contributed by atoms with Crippen LogP contribution in [0.5, 0.6) is 0 Å². The molecular weight excluding hydrogens is 374 g/mol. The molecule has 0 unspecified atom stereocenters. The highest BCUT2D eigenvalue weighted by Crippen LogP contribution is 2.25. The molecule has 0 aliphatic carbocycles. The highest BCUT2D eigenvalue weighted by Gasteiger charge is 2.24. The van der Waals surface area contributed by atoms with Crippen LogP contribution in [-0.2, 0) is 13.5 Å². The molecule has 3 aromatic heterocycles. The molecule has 0 radical (unpaired) electrons. The van der Waals surface area contributed by atoms with E-state index in [2.05, 4.69) is 45.0 Å². The fourth-order valence-corrected chi connectivity index (χ4v) is 4.00. The standard InChI is InChI=1S/C24H23N5O/c1-16-13-29(14-16)24-9-18(5-6-26-24)23(30)10-21-8-20-7-17(3-4-19(20)11-27-21)22-12-25-15-28(22)2/h3-9,11-12,15-16H,10,13-14H2,1-2H3. The van der Waals surface area contributed by atoms with Crippen LogP contribution in [0.15, 0.2) is 61.3 Å². The van der Waals surface area contributed by atoms with Crippen molar-refractivity contribution in [1.82, 2.24) is 19.5 Å². The van der Waals surface area contributed by atoms with E-state index in [1.165, 1.54) is 0 Å². The van der Waals surface area contributed by atoms with Crippen molar-refractivity contribution in [3.05, 3.63) is 72.6 Å². The Morgan fingerprint density at radius 2 is 1.93 bits per heavy atom. The number of aryl methyl sites for hydroxylation is 1. The van der Waals surface area contributed by atoms with E-state index in [-0.39, 0.29) is 12.2 Å². The number of imidazole rings is 1. The minimum Gasteiger partial charge on any atom is -0.356 e. The number of fused-ring (bicyclic) bond motifs is 1. The molecule has 4 heterocycles. The lowest BCUT2D eigenvalue weighted by Crippen LogP contribution is -2.45. The summed E-state index contributed by atoms with van der Waals surface area (Å²) in [4.78, 5) is 28.2. The highest BCUT2D eigenvalue weighted by molar-refractivity contribution is 5.98. The van der Waals surface area contributed by atoms with E-state index in [1.54, 1.807) is 18.6 Å². The molecule has 5 rings (SSSR count). The van der Waals surface area contributed by atoms with Gasteiger partial charge in [-0.25, -0.2) is 9.97 Å². The second-order valence-electron chi connectivity index (χ2n) is 8.14. The first kappa shape index (κ1) is 18.5. The van der Waals surface area contributed by atoms with Gasteiger partial charge in [0.2, 0.25) is 0 Å². The summed E-state index contributed by atoms with van der Waals surface area (Å²) < 4.78 is 1.99. The number of anilines is 1. The second kappa shape index (κ2) is 7.37. The van der Waals surface area contributed by atoms with Gasteiger partial charge < -0.3 is 9.47 Å². The molecule has 0 bridgehead atoms. The van der Waals surface area contributed by atoms with Gasteiger partial charge in [-0.3, -0.25) is 9.78 Å². The van der Waals surface area contributed by atoms with Gasteiger partial charge in [0.1, 0.15) is 5.82 Å². The summed E-state index contributed by atoms with van der Waals surface area (Å²) in [5.41, 5.74) is 3.60. The molecule has 1 saturated heterocycles. The molecule has 0 saturated carbocycles. The molecule has 0 N–H and O–H groups in total.